The Morgan fingerprint density at radius 2 is 1.63 bits per heavy atom. The number of hydrogen-bond donors (Lipinski definition) is 1. The van der Waals surface area contributed by atoms with Crippen molar-refractivity contribution in [3.63, 3.8) is 0 Å². The van der Waals surface area contributed by atoms with E-state index in [9.17, 15) is 17.6 Å². The van der Waals surface area contributed by atoms with Crippen LogP contribution >= 0.6 is 11.6 Å². The van der Waals surface area contributed by atoms with E-state index >= 15 is 0 Å². The highest BCUT2D eigenvalue weighted by Gasteiger charge is 2.27. The first kappa shape index (κ1) is 24.5. The predicted octanol–water partition coefficient (Wildman–Crippen LogP) is 4.97. The van der Waals surface area contributed by atoms with E-state index in [2.05, 4.69) is 10.5 Å². The van der Waals surface area contributed by atoms with Gasteiger partial charge in [-0.05, 0) is 52.7 Å². The number of nitrogens with one attached hydrogen (secondary N) is 1. The van der Waals surface area contributed by atoms with Crippen molar-refractivity contribution >= 4 is 44.5 Å². The minimum atomic E-state index is -4.06. The Morgan fingerprint density at radius 3 is 2.37 bits per heavy atom. The summed E-state index contributed by atoms with van der Waals surface area (Å²) < 4.78 is 40.9. The van der Waals surface area contributed by atoms with E-state index < -0.39 is 28.3 Å². The van der Waals surface area contributed by atoms with Crippen molar-refractivity contribution < 1.29 is 17.6 Å². The zero-order valence-corrected chi connectivity index (χ0v) is 20.0. The van der Waals surface area contributed by atoms with E-state index in [1.54, 1.807) is 0 Å². The van der Waals surface area contributed by atoms with Crippen molar-refractivity contribution in [1.82, 2.24) is 9.73 Å². The fourth-order valence-corrected chi connectivity index (χ4v) is 5.02. The molecule has 0 aromatic heterocycles. The van der Waals surface area contributed by atoms with Crippen molar-refractivity contribution in [2.75, 3.05) is 6.54 Å². The second-order valence-corrected chi connectivity index (χ2v) is 10.1. The molecule has 1 amide bonds. The van der Waals surface area contributed by atoms with Gasteiger partial charge in [-0.15, -0.1) is 0 Å². The van der Waals surface area contributed by atoms with Gasteiger partial charge in [0, 0.05) is 17.1 Å². The molecule has 0 aliphatic rings. The second kappa shape index (κ2) is 10.8. The highest BCUT2D eigenvalue weighted by molar-refractivity contribution is 7.89. The van der Waals surface area contributed by atoms with Crippen molar-refractivity contribution in [3.05, 3.63) is 113 Å². The highest BCUT2D eigenvalue weighted by atomic mass is 35.5. The lowest BCUT2D eigenvalue weighted by Crippen LogP contribution is -2.39. The number of halogens is 2. The summed E-state index contributed by atoms with van der Waals surface area (Å²) in [5, 5.41) is 6.40. The molecule has 4 aromatic carbocycles. The fourth-order valence-electron chi connectivity index (χ4n) is 3.51. The Labute approximate surface area is 207 Å². The zero-order valence-electron chi connectivity index (χ0n) is 18.4. The molecule has 0 bridgehead atoms. The van der Waals surface area contributed by atoms with Crippen molar-refractivity contribution in [3.8, 4) is 0 Å². The molecule has 0 saturated heterocycles. The van der Waals surface area contributed by atoms with E-state index in [0.29, 0.717) is 10.6 Å². The molecule has 0 fully saturated rings. The summed E-state index contributed by atoms with van der Waals surface area (Å²) in [5.74, 6) is -1.07. The Balaban J connectivity index is 1.53. The summed E-state index contributed by atoms with van der Waals surface area (Å²) in [7, 11) is -4.06. The van der Waals surface area contributed by atoms with Crippen LogP contribution < -0.4 is 5.43 Å². The van der Waals surface area contributed by atoms with Gasteiger partial charge in [0.15, 0.2) is 0 Å². The van der Waals surface area contributed by atoms with E-state index in [4.69, 9.17) is 11.6 Å². The quantitative estimate of drug-likeness (QED) is 0.269. The van der Waals surface area contributed by atoms with Gasteiger partial charge in [0.25, 0.3) is 5.91 Å². The molecule has 35 heavy (non-hydrogen) atoms. The fraction of sp³-hybridized carbons (Fsp3) is 0.0769. The van der Waals surface area contributed by atoms with Gasteiger partial charge < -0.3 is 0 Å². The van der Waals surface area contributed by atoms with Crippen LogP contribution in [-0.2, 0) is 21.4 Å². The SMILES string of the molecule is O=C(CN(Cc1ccc(F)cc1)S(=O)(=O)c1ccc(Cl)cc1)N/N=C\c1cccc2ccccc12. The van der Waals surface area contributed by atoms with Crippen LogP contribution in [0.15, 0.2) is 101 Å². The number of fused-ring (bicyclic) bond motifs is 1. The number of carbonyl (C=O) groups excluding carboxylic acids is 1. The first-order chi connectivity index (χ1) is 16.8. The van der Waals surface area contributed by atoms with Gasteiger partial charge in [0.1, 0.15) is 5.82 Å². The van der Waals surface area contributed by atoms with Crippen LogP contribution in [-0.4, -0.2) is 31.4 Å². The number of benzene rings is 4. The molecule has 0 aliphatic carbocycles. The van der Waals surface area contributed by atoms with Gasteiger partial charge in [0.2, 0.25) is 10.0 Å². The van der Waals surface area contributed by atoms with E-state index in [-0.39, 0.29) is 11.4 Å². The van der Waals surface area contributed by atoms with Gasteiger partial charge in [-0.3, -0.25) is 4.79 Å². The van der Waals surface area contributed by atoms with Crippen LogP contribution in [0.1, 0.15) is 11.1 Å². The summed E-state index contributed by atoms with van der Waals surface area (Å²) >= 11 is 5.89. The third kappa shape index (κ3) is 6.10. The maximum atomic E-state index is 13.3. The normalized spacial score (nSPS) is 11.9. The Hall–Kier alpha value is -3.59. The number of carbonyl (C=O) groups is 1. The van der Waals surface area contributed by atoms with Crippen molar-refractivity contribution in [1.29, 1.82) is 0 Å². The summed E-state index contributed by atoms with van der Waals surface area (Å²) in [6, 6.07) is 24.5. The Bertz CT molecular complexity index is 1470. The maximum Gasteiger partial charge on any atom is 0.255 e. The number of nitrogens with zero attached hydrogens (tertiary/aromatic N) is 2. The topological polar surface area (TPSA) is 78.8 Å². The van der Waals surface area contributed by atoms with Crippen LogP contribution in [0.3, 0.4) is 0 Å². The molecule has 0 spiro atoms. The molecule has 0 radical (unpaired) electrons. The van der Waals surface area contributed by atoms with E-state index in [1.165, 1.54) is 54.7 Å². The lowest BCUT2D eigenvalue weighted by atomic mass is 10.1. The largest absolute Gasteiger partial charge is 0.272 e. The Kier molecular flexibility index (Phi) is 7.55. The third-order valence-corrected chi connectivity index (χ3v) is 7.32. The smallest absolute Gasteiger partial charge is 0.255 e. The molecule has 1 N–H and O–H groups in total. The molecule has 0 atom stereocenters. The van der Waals surface area contributed by atoms with E-state index in [0.717, 1.165) is 20.6 Å². The summed E-state index contributed by atoms with van der Waals surface area (Å²) in [5.41, 5.74) is 3.73. The lowest BCUT2D eigenvalue weighted by molar-refractivity contribution is -0.121. The van der Waals surface area contributed by atoms with Crippen LogP contribution in [0.2, 0.25) is 5.02 Å². The molecule has 0 unspecified atom stereocenters. The first-order valence-corrected chi connectivity index (χ1v) is 12.4. The molecular weight excluding hydrogens is 489 g/mol. The number of hydrazone groups is 1. The van der Waals surface area contributed by atoms with Gasteiger partial charge >= 0.3 is 0 Å². The van der Waals surface area contributed by atoms with Crippen molar-refractivity contribution in [2.45, 2.75) is 11.4 Å². The second-order valence-electron chi connectivity index (χ2n) is 7.72. The Morgan fingerprint density at radius 1 is 0.943 bits per heavy atom. The highest BCUT2D eigenvalue weighted by Crippen LogP contribution is 2.21. The van der Waals surface area contributed by atoms with E-state index in [1.807, 2.05) is 42.5 Å². The van der Waals surface area contributed by atoms with Crippen LogP contribution in [0.25, 0.3) is 10.8 Å². The monoisotopic (exact) mass is 509 g/mol. The molecule has 0 saturated carbocycles. The molecular formula is C26H21ClFN3O3S. The summed E-state index contributed by atoms with van der Waals surface area (Å²) in [6.07, 6.45) is 1.51. The number of rotatable bonds is 8. The van der Waals surface area contributed by atoms with Gasteiger partial charge in [-0.2, -0.15) is 9.41 Å². The number of sulfonamides is 1. The predicted molar refractivity (Wildman–Crippen MR) is 135 cm³/mol. The summed E-state index contributed by atoms with van der Waals surface area (Å²) in [4.78, 5) is 12.7. The molecule has 0 aliphatic heterocycles. The average Bonchev–Trinajstić information content (AvgIpc) is 2.85. The van der Waals surface area contributed by atoms with Crippen LogP contribution in [0, 0.1) is 5.82 Å². The number of amides is 1. The zero-order chi connectivity index (χ0) is 24.8. The minimum Gasteiger partial charge on any atom is -0.272 e. The molecule has 4 aromatic rings. The van der Waals surface area contributed by atoms with Crippen LogP contribution in [0.4, 0.5) is 4.39 Å². The van der Waals surface area contributed by atoms with Crippen LogP contribution in [0.5, 0.6) is 0 Å². The third-order valence-electron chi connectivity index (χ3n) is 5.26. The summed E-state index contributed by atoms with van der Waals surface area (Å²) in [6.45, 7) is -0.624. The van der Waals surface area contributed by atoms with Crippen molar-refractivity contribution in [2.24, 2.45) is 5.10 Å². The number of hydrogen-bond acceptors (Lipinski definition) is 4. The van der Waals surface area contributed by atoms with Gasteiger partial charge in [-0.1, -0.05) is 66.2 Å². The van der Waals surface area contributed by atoms with Gasteiger partial charge in [-0.25, -0.2) is 18.2 Å². The molecule has 9 heteroatoms. The van der Waals surface area contributed by atoms with Gasteiger partial charge in [0.05, 0.1) is 17.7 Å². The standard InChI is InChI=1S/C26H21ClFN3O3S/c27-22-10-14-24(15-11-22)35(33,34)31(17-19-8-12-23(28)13-9-19)18-26(32)30-29-16-21-6-3-5-20-4-1-2-7-25(20)21/h1-16H,17-18H2,(H,30,32)/b29-16-. The molecule has 0 heterocycles. The first-order valence-electron chi connectivity index (χ1n) is 10.6. The average molecular weight is 510 g/mol. The minimum absolute atomic E-state index is 0.0175. The molecule has 178 valence electrons. The molecule has 6 nitrogen and oxygen atoms in total. The maximum absolute atomic E-state index is 13.3. The lowest BCUT2D eigenvalue weighted by Gasteiger charge is -2.21. The molecule has 4 rings (SSSR count).